The highest BCUT2D eigenvalue weighted by Crippen LogP contribution is 2.30. The van der Waals surface area contributed by atoms with E-state index >= 15 is 0 Å². The van der Waals surface area contributed by atoms with Crippen molar-refractivity contribution in [2.24, 2.45) is 0 Å². The summed E-state index contributed by atoms with van der Waals surface area (Å²) in [4.78, 5) is 15.0. The zero-order chi connectivity index (χ0) is 21.2. The quantitative estimate of drug-likeness (QED) is 0.756. The second-order valence-corrected chi connectivity index (χ2v) is 9.52. The van der Waals surface area contributed by atoms with E-state index in [1.54, 1.807) is 29.2 Å². The van der Waals surface area contributed by atoms with Gasteiger partial charge >= 0.3 is 0 Å². The van der Waals surface area contributed by atoms with Crippen LogP contribution in [0.2, 0.25) is 0 Å². The number of nitriles is 1. The normalized spacial score (nSPS) is 13.7. The van der Waals surface area contributed by atoms with Crippen molar-refractivity contribution in [3.05, 3.63) is 64.7 Å². The Hall–Kier alpha value is -2.85. The molecule has 7 heteroatoms. The van der Waals surface area contributed by atoms with Gasteiger partial charge in [0, 0.05) is 24.7 Å². The lowest BCUT2D eigenvalue weighted by molar-refractivity contribution is 0.0690. The van der Waals surface area contributed by atoms with Crippen LogP contribution in [0, 0.1) is 11.3 Å². The van der Waals surface area contributed by atoms with Crippen molar-refractivity contribution in [1.29, 1.82) is 5.26 Å². The highest BCUT2D eigenvalue weighted by atomic mass is 32.2. The van der Waals surface area contributed by atoms with Crippen molar-refractivity contribution in [2.45, 2.75) is 39.3 Å². The number of carbonyl (C=O) groups excluding carboxylic acids is 1. The number of aryl methyl sites for hydroxylation is 1. The molecular weight excluding hydrogens is 386 g/mol. The molecule has 1 amide bonds. The van der Waals surface area contributed by atoms with E-state index in [1.807, 2.05) is 32.0 Å². The van der Waals surface area contributed by atoms with Gasteiger partial charge in [-0.1, -0.05) is 12.1 Å². The van der Waals surface area contributed by atoms with Gasteiger partial charge < -0.3 is 4.90 Å². The number of hydrogen-bond donors (Lipinski definition) is 0. The molecule has 0 aliphatic carbocycles. The number of amides is 1. The minimum atomic E-state index is -3.33. The van der Waals surface area contributed by atoms with E-state index in [9.17, 15) is 13.2 Å². The van der Waals surface area contributed by atoms with E-state index in [0.29, 0.717) is 29.9 Å². The molecule has 1 aliphatic heterocycles. The molecular formula is C22H25N3O3S. The third kappa shape index (κ3) is 4.60. The Bertz CT molecular complexity index is 1050. The van der Waals surface area contributed by atoms with Gasteiger partial charge in [0.25, 0.3) is 5.91 Å². The summed E-state index contributed by atoms with van der Waals surface area (Å²) in [6, 6.07) is 14.6. The Labute approximate surface area is 172 Å². The SMILES string of the molecule is CC(C)N(Cc1ccc(C#N)cc1)C(=O)c1ccc2c(c1)CCCN2S(C)(=O)=O. The molecule has 6 nitrogen and oxygen atoms in total. The Morgan fingerprint density at radius 3 is 2.48 bits per heavy atom. The average molecular weight is 412 g/mol. The van der Waals surface area contributed by atoms with Gasteiger partial charge in [-0.3, -0.25) is 9.10 Å². The predicted octanol–water partition coefficient (Wildman–Crippen LogP) is 3.32. The van der Waals surface area contributed by atoms with E-state index in [-0.39, 0.29) is 11.9 Å². The van der Waals surface area contributed by atoms with Crippen LogP contribution in [0.4, 0.5) is 5.69 Å². The Balaban J connectivity index is 1.88. The molecule has 0 fully saturated rings. The van der Waals surface area contributed by atoms with Gasteiger partial charge in [-0.15, -0.1) is 0 Å². The molecule has 2 aromatic carbocycles. The first-order valence-electron chi connectivity index (χ1n) is 9.61. The summed E-state index contributed by atoms with van der Waals surface area (Å²) in [5.74, 6) is -0.0939. The van der Waals surface area contributed by atoms with Crippen molar-refractivity contribution in [1.82, 2.24) is 4.90 Å². The average Bonchev–Trinajstić information content (AvgIpc) is 2.70. The maximum Gasteiger partial charge on any atom is 0.254 e. The third-order valence-electron chi connectivity index (χ3n) is 5.12. The Morgan fingerprint density at radius 2 is 1.90 bits per heavy atom. The van der Waals surface area contributed by atoms with E-state index in [2.05, 4.69) is 6.07 Å². The summed E-state index contributed by atoms with van der Waals surface area (Å²) in [5, 5.41) is 8.95. The van der Waals surface area contributed by atoms with E-state index in [0.717, 1.165) is 24.0 Å². The molecule has 2 aromatic rings. The predicted molar refractivity (Wildman–Crippen MR) is 113 cm³/mol. The molecule has 0 bridgehead atoms. The molecule has 29 heavy (non-hydrogen) atoms. The minimum absolute atomic E-state index is 0.0123. The fourth-order valence-electron chi connectivity index (χ4n) is 3.58. The van der Waals surface area contributed by atoms with Gasteiger partial charge in [-0.05, 0) is 68.1 Å². The second-order valence-electron chi connectivity index (χ2n) is 7.62. The zero-order valence-electron chi connectivity index (χ0n) is 16.9. The molecule has 3 rings (SSSR count). The highest BCUT2D eigenvalue weighted by Gasteiger charge is 2.26. The van der Waals surface area contributed by atoms with Crippen molar-refractivity contribution < 1.29 is 13.2 Å². The lowest BCUT2D eigenvalue weighted by atomic mass is 10.00. The fraction of sp³-hybridized carbons (Fsp3) is 0.364. The minimum Gasteiger partial charge on any atom is -0.332 e. The molecule has 0 N–H and O–H groups in total. The summed E-state index contributed by atoms with van der Waals surface area (Å²) >= 11 is 0. The van der Waals surface area contributed by atoms with Gasteiger partial charge in [-0.2, -0.15) is 5.26 Å². The van der Waals surface area contributed by atoms with Gasteiger partial charge in [0.1, 0.15) is 0 Å². The number of anilines is 1. The Morgan fingerprint density at radius 1 is 1.21 bits per heavy atom. The maximum atomic E-state index is 13.2. The van der Waals surface area contributed by atoms with Crippen LogP contribution in [-0.2, 0) is 23.0 Å². The van der Waals surface area contributed by atoms with E-state index in [1.165, 1.54) is 10.6 Å². The summed E-state index contributed by atoms with van der Waals surface area (Å²) in [7, 11) is -3.33. The monoisotopic (exact) mass is 411 g/mol. The van der Waals surface area contributed by atoms with Crippen LogP contribution in [-0.4, -0.2) is 38.1 Å². The molecule has 0 saturated carbocycles. The first-order valence-corrected chi connectivity index (χ1v) is 11.5. The molecule has 0 aromatic heterocycles. The molecule has 0 saturated heterocycles. The zero-order valence-corrected chi connectivity index (χ0v) is 17.7. The number of carbonyl (C=O) groups is 1. The van der Waals surface area contributed by atoms with Crippen LogP contribution in [0.15, 0.2) is 42.5 Å². The lowest BCUT2D eigenvalue weighted by Crippen LogP contribution is -2.37. The van der Waals surface area contributed by atoms with E-state index in [4.69, 9.17) is 5.26 Å². The molecule has 0 atom stereocenters. The van der Waals surface area contributed by atoms with Crippen molar-refractivity contribution in [3.63, 3.8) is 0 Å². The summed E-state index contributed by atoms with van der Waals surface area (Å²) in [6.07, 6.45) is 2.69. The van der Waals surface area contributed by atoms with Crippen molar-refractivity contribution in [2.75, 3.05) is 17.1 Å². The molecule has 1 aliphatic rings. The number of nitrogens with zero attached hydrogens (tertiary/aromatic N) is 3. The number of benzene rings is 2. The largest absolute Gasteiger partial charge is 0.332 e. The Kier molecular flexibility index (Phi) is 5.94. The van der Waals surface area contributed by atoms with Crippen molar-refractivity contribution >= 4 is 21.6 Å². The van der Waals surface area contributed by atoms with Crippen molar-refractivity contribution in [3.8, 4) is 6.07 Å². The number of sulfonamides is 1. The van der Waals surface area contributed by atoms with Crippen LogP contribution in [0.25, 0.3) is 0 Å². The number of hydrogen-bond acceptors (Lipinski definition) is 4. The summed E-state index contributed by atoms with van der Waals surface area (Å²) < 4.78 is 25.5. The molecule has 0 radical (unpaired) electrons. The van der Waals surface area contributed by atoms with Gasteiger partial charge in [0.2, 0.25) is 10.0 Å². The van der Waals surface area contributed by atoms with Crippen LogP contribution < -0.4 is 4.31 Å². The van der Waals surface area contributed by atoms with Gasteiger partial charge in [-0.25, -0.2) is 8.42 Å². The van der Waals surface area contributed by atoms with Gasteiger partial charge in [0.15, 0.2) is 0 Å². The molecule has 0 unspecified atom stereocenters. The topological polar surface area (TPSA) is 81.5 Å². The molecule has 1 heterocycles. The van der Waals surface area contributed by atoms with Gasteiger partial charge in [0.05, 0.1) is 23.6 Å². The van der Waals surface area contributed by atoms with Crippen LogP contribution in [0.1, 0.15) is 47.3 Å². The number of rotatable bonds is 5. The molecule has 152 valence electrons. The first kappa shape index (κ1) is 20.9. The standard InChI is InChI=1S/C22H25N3O3S/c1-16(2)24(15-18-8-6-17(14-23)7-9-18)22(26)20-10-11-21-19(13-20)5-4-12-25(21)29(3,27)28/h6-11,13,16H,4-5,12,15H2,1-3H3. The number of fused-ring (bicyclic) bond motifs is 1. The second kappa shape index (κ2) is 8.26. The molecule has 0 spiro atoms. The highest BCUT2D eigenvalue weighted by molar-refractivity contribution is 7.92. The lowest BCUT2D eigenvalue weighted by Gasteiger charge is -2.31. The third-order valence-corrected chi connectivity index (χ3v) is 6.30. The summed E-state index contributed by atoms with van der Waals surface area (Å²) in [5.41, 5.74) is 3.64. The fourth-order valence-corrected chi connectivity index (χ4v) is 4.57. The summed E-state index contributed by atoms with van der Waals surface area (Å²) in [6.45, 7) is 4.83. The van der Waals surface area contributed by atoms with Crippen LogP contribution >= 0.6 is 0 Å². The smallest absolute Gasteiger partial charge is 0.254 e. The maximum absolute atomic E-state index is 13.2. The van der Waals surface area contributed by atoms with E-state index < -0.39 is 10.0 Å². The first-order chi connectivity index (χ1) is 13.7. The van der Waals surface area contributed by atoms with Crippen LogP contribution in [0.5, 0.6) is 0 Å². The van der Waals surface area contributed by atoms with Crippen LogP contribution in [0.3, 0.4) is 0 Å².